The molecule has 3 heteroatoms. The molecule has 2 unspecified atom stereocenters. The van der Waals surface area contributed by atoms with Crippen LogP contribution in [0.4, 0.5) is 0 Å². The number of amides is 1. The van der Waals surface area contributed by atoms with E-state index in [1.165, 1.54) is 0 Å². The Morgan fingerprint density at radius 2 is 1.76 bits per heavy atom. The van der Waals surface area contributed by atoms with Gasteiger partial charge in [-0.1, -0.05) is 41.5 Å². The van der Waals surface area contributed by atoms with Gasteiger partial charge in [-0.05, 0) is 23.7 Å². The van der Waals surface area contributed by atoms with Crippen molar-refractivity contribution in [3.8, 4) is 0 Å². The van der Waals surface area contributed by atoms with Crippen molar-refractivity contribution in [2.45, 2.75) is 60.4 Å². The zero-order valence-electron chi connectivity index (χ0n) is 12.3. The molecule has 0 aromatic rings. The first kappa shape index (κ1) is 16.4. The number of rotatable bonds is 6. The molecule has 3 nitrogen and oxygen atoms in total. The van der Waals surface area contributed by atoms with Crippen LogP contribution in [-0.4, -0.2) is 18.5 Å². The minimum Gasteiger partial charge on any atom is -0.355 e. The van der Waals surface area contributed by atoms with Crippen molar-refractivity contribution in [2.24, 2.45) is 23.0 Å². The van der Waals surface area contributed by atoms with Crippen LogP contribution in [0.1, 0.15) is 54.4 Å². The summed E-state index contributed by atoms with van der Waals surface area (Å²) in [5.41, 5.74) is 6.10. The average molecular weight is 242 g/mol. The summed E-state index contributed by atoms with van der Waals surface area (Å²) in [7, 11) is 0. The van der Waals surface area contributed by atoms with Crippen molar-refractivity contribution in [2.75, 3.05) is 6.54 Å². The van der Waals surface area contributed by atoms with Crippen LogP contribution in [0, 0.1) is 17.3 Å². The van der Waals surface area contributed by atoms with Crippen molar-refractivity contribution < 1.29 is 4.79 Å². The molecule has 1 amide bonds. The number of nitrogens with one attached hydrogen (secondary N) is 1. The number of hydrogen-bond acceptors (Lipinski definition) is 2. The van der Waals surface area contributed by atoms with E-state index in [4.69, 9.17) is 5.73 Å². The van der Waals surface area contributed by atoms with E-state index >= 15 is 0 Å². The molecule has 0 heterocycles. The Hall–Kier alpha value is -0.570. The summed E-state index contributed by atoms with van der Waals surface area (Å²) in [5, 5.41) is 2.93. The Kier molecular flexibility index (Phi) is 6.76. The molecule has 0 fully saturated rings. The van der Waals surface area contributed by atoms with Crippen LogP contribution in [0.3, 0.4) is 0 Å². The maximum Gasteiger partial charge on any atom is 0.220 e. The maximum atomic E-state index is 11.7. The largest absolute Gasteiger partial charge is 0.355 e. The van der Waals surface area contributed by atoms with Gasteiger partial charge in [0.15, 0.2) is 0 Å². The van der Waals surface area contributed by atoms with Crippen LogP contribution in [0.5, 0.6) is 0 Å². The number of carbonyl (C=O) groups is 1. The van der Waals surface area contributed by atoms with Gasteiger partial charge in [-0.15, -0.1) is 0 Å². The Bertz CT molecular complexity index is 231. The fourth-order valence-corrected chi connectivity index (χ4v) is 1.59. The molecule has 0 rings (SSSR count). The Morgan fingerprint density at radius 1 is 1.24 bits per heavy atom. The van der Waals surface area contributed by atoms with E-state index in [0.29, 0.717) is 24.8 Å². The van der Waals surface area contributed by atoms with Gasteiger partial charge in [0.05, 0.1) is 0 Å². The lowest BCUT2D eigenvalue weighted by atomic mass is 9.80. The molecule has 0 aliphatic rings. The summed E-state index contributed by atoms with van der Waals surface area (Å²) in [6, 6.07) is 0.0730. The number of carbonyl (C=O) groups excluding carboxylic acids is 1. The zero-order chi connectivity index (χ0) is 13.6. The van der Waals surface area contributed by atoms with Crippen molar-refractivity contribution in [1.29, 1.82) is 0 Å². The monoisotopic (exact) mass is 242 g/mol. The lowest BCUT2D eigenvalue weighted by molar-refractivity contribution is -0.122. The van der Waals surface area contributed by atoms with Gasteiger partial charge < -0.3 is 11.1 Å². The lowest BCUT2D eigenvalue weighted by Gasteiger charge is -2.26. The molecule has 17 heavy (non-hydrogen) atoms. The van der Waals surface area contributed by atoms with Gasteiger partial charge in [0, 0.05) is 19.0 Å². The third-order valence-corrected chi connectivity index (χ3v) is 3.31. The minimum atomic E-state index is 0.0730. The van der Waals surface area contributed by atoms with Crippen LogP contribution in [0.2, 0.25) is 0 Å². The average Bonchev–Trinajstić information content (AvgIpc) is 2.12. The Labute approximate surface area is 107 Å². The van der Waals surface area contributed by atoms with Gasteiger partial charge in [-0.25, -0.2) is 0 Å². The van der Waals surface area contributed by atoms with Gasteiger partial charge in [-0.2, -0.15) is 0 Å². The standard InChI is InChI=1S/C14H30N2O/c1-10(2)7-12(15)9-16-13(17)8-11(3)14(4,5)6/h10-12H,7-9,15H2,1-6H3,(H,16,17). The molecule has 102 valence electrons. The molecule has 0 aliphatic heterocycles. The third kappa shape index (κ3) is 8.19. The topological polar surface area (TPSA) is 55.1 Å². The molecule has 0 saturated carbocycles. The fourth-order valence-electron chi connectivity index (χ4n) is 1.59. The van der Waals surface area contributed by atoms with E-state index in [1.54, 1.807) is 0 Å². The summed E-state index contributed by atoms with van der Waals surface area (Å²) in [5.74, 6) is 1.07. The fraction of sp³-hybridized carbons (Fsp3) is 0.929. The van der Waals surface area contributed by atoms with E-state index in [2.05, 4.69) is 46.9 Å². The van der Waals surface area contributed by atoms with Crippen LogP contribution in [-0.2, 0) is 4.79 Å². The first-order chi connectivity index (χ1) is 7.62. The van der Waals surface area contributed by atoms with Crippen LogP contribution < -0.4 is 11.1 Å². The summed E-state index contributed by atoms with van der Waals surface area (Å²) >= 11 is 0. The highest BCUT2D eigenvalue weighted by Gasteiger charge is 2.22. The second kappa shape index (κ2) is 7.00. The Balaban J connectivity index is 3.88. The van der Waals surface area contributed by atoms with Crippen molar-refractivity contribution >= 4 is 5.91 Å². The molecule has 3 N–H and O–H groups in total. The predicted molar refractivity (Wildman–Crippen MR) is 73.7 cm³/mol. The smallest absolute Gasteiger partial charge is 0.220 e. The minimum absolute atomic E-state index is 0.0730. The van der Waals surface area contributed by atoms with E-state index in [1.807, 2.05) is 0 Å². The van der Waals surface area contributed by atoms with Gasteiger partial charge in [-0.3, -0.25) is 4.79 Å². The van der Waals surface area contributed by atoms with Gasteiger partial charge >= 0.3 is 0 Å². The van der Waals surface area contributed by atoms with Gasteiger partial charge in [0.1, 0.15) is 0 Å². The molecule has 0 aromatic carbocycles. The molecular formula is C14H30N2O. The highest BCUT2D eigenvalue weighted by atomic mass is 16.1. The van der Waals surface area contributed by atoms with E-state index in [9.17, 15) is 4.79 Å². The molecule has 0 radical (unpaired) electrons. The number of hydrogen-bond donors (Lipinski definition) is 2. The highest BCUT2D eigenvalue weighted by Crippen LogP contribution is 2.27. The van der Waals surface area contributed by atoms with Crippen LogP contribution >= 0.6 is 0 Å². The van der Waals surface area contributed by atoms with Crippen molar-refractivity contribution in [3.05, 3.63) is 0 Å². The zero-order valence-corrected chi connectivity index (χ0v) is 12.3. The third-order valence-electron chi connectivity index (χ3n) is 3.31. The maximum absolute atomic E-state index is 11.7. The molecule has 0 spiro atoms. The van der Waals surface area contributed by atoms with E-state index in [0.717, 1.165) is 6.42 Å². The molecule has 0 saturated heterocycles. The summed E-state index contributed by atoms with van der Waals surface area (Å²) < 4.78 is 0. The van der Waals surface area contributed by atoms with E-state index < -0.39 is 0 Å². The number of nitrogens with two attached hydrogens (primary N) is 1. The van der Waals surface area contributed by atoms with Gasteiger partial charge in [0.25, 0.3) is 0 Å². The quantitative estimate of drug-likeness (QED) is 0.752. The molecular weight excluding hydrogens is 212 g/mol. The van der Waals surface area contributed by atoms with Crippen LogP contribution in [0.25, 0.3) is 0 Å². The van der Waals surface area contributed by atoms with Crippen LogP contribution in [0.15, 0.2) is 0 Å². The molecule has 0 bridgehead atoms. The second-order valence-electron chi connectivity index (χ2n) is 6.66. The van der Waals surface area contributed by atoms with Gasteiger partial charge in [0.2, 0.25) is 5.91 Å². The first-order valence-electron chi connectivity index (χ1n) is 6.65. The molecule has 0 aromatic heterocycles. The highest BCUT2D eigenvalue weighted by molar-refractivity contribution is 5.76. The first-order valence-corrected chi connectivity index (χ1v) is 6.65. The SMILES string of the molecule is CC(C)CC(N)CNC(=O)CC(C)C(C)(C)C. The van der Waals surface area contributed by atoms with Crippen molar-refractivity contribution in [3.63, 3.8) is 0 Å². The summed E-state index contributed by atoms with van der Waals surface area (Å²) in [6.07, 6.45) is 1.53. The summed E-state index contributed by atoms with van der Waals surface area (Å²) in [6.45, 7) is 13.5. The lowest BCUT2D eigenvalue weighted by Crippen LogP contribution is -2.39. The predicted octanol–water partition coefficient (Wildman–Crippen LogP) is 2.55. The Morgan fingerprint density at radius 3 is 2.18 bits per heavy atom. The van der Waals surface area contributed by atoms with Crippen molar-refractivity contribution in [1.82, 2.24) is 5.32 Å². The second-order valence-corrected chi connectivity index (χ2v) is 6.66. The van der Waals surface area contributed by atoms with E-state index in [-0.39, 0.29) is 17.4 Å². The molecule has 2 atom stereocenters. The molecule has 0 aliphatic carbocycles. The summed E-state index contributed by atoms with van der Waals surface area (Å²) in [4.78, 5) is 11.7. The normalized spacial score (nSPS) is 15.8.